The Morgan fingerprint density at radius 3 is 2.43 bits per heavy atom. The van der Waals surface area contributed by atoms with Crippen LogP contribution in [0.4, 0.5) is 0 Å². The van der Waals surface area contributed by atoms with Crippen molar-refractivity contribution in [3.8, 4) is 0 Å². The number of benzene rings is 1. The van der Waals surface area contributed by atoms with E-state index in [1.165, 1.54) is 5.56 Å². The molecule has 1 aliphatic rings. The second kappa shape index (κ2) is 5.78. The predicted octanol–water partition coefficient (Wildman–Crippen LogP) is 2.77. The normalized spacial score (nSPS) is 17.6. The molecule has 1 aromatic rings. The van der Waals surface area contributed by atoms with E-state index in [2.05, 4.69) is 65.2 Å². The molecule has 0 saturated heterocycles. The molecule has 0 bridgehead atoms. The average Bonchev–Trinajstić information content (AvgIpc) is 2.42. The Labute approximate surface area is 123 Å². The number of hydrogen-bond acceptors (Lipinski definition) is 4. The van der Waals surface area contributed by atoms with Crippen LogP contribution >= 0.6 is 0 Å². The van der Waals surface area contributed by atoms with Crippen LogP contribution in [-0.4, -0.2) is 18.1 Å². The molecular formula is C15H17N5O. The Kier molecular flexibility index (Phi) is 4.07. The second-order valence-corrected chi connectivity index (χ2v) is 5.64. The molecule has 0 unspecified atom stereocenters. The lowest BCUT2D eigenvalue weighted by atomic mass is 9.87. The highest BCUT2D eigenvalue weighted by Gasteiger charge is 2.14. The maximum atomic E-state index is 11.3. The maximum absolute atomic E-state index is 11.3. The van der Waals surface area contributed by atoms with Crippen molar-refractivity contribution in [1.82, 2.24) is 5.32 Å². The van der Waals surface area contributed by atoms with Crippen LogP contribution in [0, 0.1) is 0 Å². The number of nitrogens with one attached hydrogen (secondary N) is 1. The van der Waals surface area contributed by atoms with E-state index in [0.717, 1.165) is 5.56 Å². The minimum absolute atomic E-state index is 0.0509. The van der Waals surface area contributed by atoms with Crippen LogP contribution in [0.3, 0.4) is 0 Å². The van der Waals surface area contributed by atoms with Gasteiger partial charge in [-0.05, 0) is 16.5 Å². The summed E-state index contributed by atoms with van der Waals surface area (Å²) >= 11 is 0. The summed E-state index contributed by atoms with van der Waals surface area (Å²) in [4.78, 5) is 11.3. The van der Waals surface area contributed by atoms with Crippen molar-refractivity contribution < 1.29 is 4.79 Å². The van der Waals surface area contributed by atoms with E-state index in [1.54, 1.807) is 6.21 Å². The first kappa shape index (κ1) is 14.8. The first-order valence-electron chi connectivity index (χ1n) is 6.50. The minimum atomic E-state index is -0.423. The molecule has 0 spiro atoms. The quantitative estimate of drug-likeness (QED) is 0.505. The monoisotopic (exact) mass is 283 g/mol. The topological polar surface area (TPSA) is 78.5 Å². The molecule has 1 aliphatic heterocycles. The number of rotatable bonds is 2. The highest BCUT2D eigenvalue weighted by Crippen LogP contribution is 2.21. The molecule has 0 atom stereocenters. The third kappa shape index (κ3) is 3.92. The summed E-state index contributed by atoms with van der Waals surface area (Å²) in [7, 11) is 0. The van der Waals surface area contributed by atoms with Gasteiger partial charge in [-0.1, -0.05) is 51.6 Å². The van der Waals surface area contributed by atoms with E-state index in [-0.39, 0.29) is 17.1 Å². The molecule has 21 heavy (non-hydrogen) atoms. The Morgan fingerprint density at radius 1 is 1.19 bits per heavy atom. The highest BCUT2D eigenvalue weighted by atomic mass is 16.2. The van der Waals surface area contributed by atoms with Gasteiger partial charge in [0.1, 0.15) is 5.70 Å². The van der Waals surface area contributed by atoms with Gasteiger partial charge < -0.3 is 0 Å². The molecule has 1 aromatic carbocycles. The summed E-state index contributed by atoms with van der Waals surface area (Å²) in [5.41, 5.74) is 2.33. The van der Waals surface area contributed by atoms with E-state index in [0.29, 0.717) is 0 Å². The Balaban J connectivity index is 2.07. The average molecular weight is 283 g/mol. The Hall–Kier alpha value is -2.63. The van der Waals surface area contributed by atoms with Crippen molar-refractivity contribution in [3.05, 3.63) is 47.7 Å². The number of carbonyl (C=O) groups is 1. The van der Waals surface area contributed by atoms with Crippen LogP contribution in [0.25, 0.3) is 0 Å². The van der Waals surface area contributed by atoms with Crippen molar-refractivity contribution in [2.45, 2.75) is 26.2 Å². The van der Waals surface area contributed by atoms with Gasteiger partial charge >= 0.3 is 0 Å². The molecule has 108 valence electrons. The SMILES string of the molecule is C=C1N=N/C(=N\N=C\c2ccc(C(C)(C)C)cc2)NC1=O. The van der Waals surface area contributed by atoms with Gasteiger partial charge in [0, 0.05) is 0 Å². The molecule has 2 rings (SSSR count). The molecule has 6 heteroatoms. The maximum Gasteiger partial charge on any atom is 0.277 e. The highest BCUT2D eigenvalue weighted by molar-refractivity contribution is 6.06. The lowest BCUT2D eigenvalue weighted by Crippen LogP contribution is -2.32. The fraction of sp³-hybridized carbons (Fsp3) is 0.267. The van der Waals surface area contributed by atoms with Gasteiger partial charge in [0.05, 0.1) is 6.21 Å². The molecule has 1 N–H and O–H groups in total. The zero-order valence-corrected chi connectivity index (χ0v) is 12.3. The van der Waals surface area contributed by atoms with E-state index in [9.17, 15) is 4.79 Å². The molecule has 1 heterocycles. The first-order chi connectivity index (χ1) is 9.86. The summed E-state index contributed by atoms with van der Waals surface area (Å²) in [5, 5.41) is 17.3. The largest absolute Gasteiger partial charge is 0.286 e. The zero-order chi connectivity index (χ0) is 15.5. The summed E-state index contributed by atoms with van der Waals surface area (Å²) in [6.45, 7) is 9.90. The molecule has 0 fully saturated rings. The lowest BCUT2D eigenvalue weighted by Gasteiger charge is -2.18. The zero-order valence-electron chi connectivity index (χ0n) is 12.3. The third-order valence-electron chi connectivity index (χ3n) is 2.89. The van der Waals surface area contributed by atoms with E-state index < -0.39 is 5.91 Å². The number of carbonyl (C=O) groups excluding carboxylic acids is 1. The Morgan fingerprint density at radius 2 is 1.86 bits per heavy atom. The molecule has 0 aromatic heterocycles. The van der Waals surface area contributed by atoms with Gasteiger partial charge in [-0.2, -0.15) is 5.10 Å². The third-order valence-corrected chi connectivity index (χ3v) is 2.89. The molecule has 1 amide bonds. The summed E-state index contributed by atoms with van der Waals surface area (Å²) in [6.07, 6.45) is 1.59. The number of amides is 1. The van der Waals surface area contributed by atoms with E-state index in [4.69, 9.17) is 0 Å². The van der Waals surface area contributed by atoms with Gasteiger partial charge in [-0.15, -0.1) is 15.3 Å². The van der Waals surface area contributed by atoms with Crippen LogP contribution in [-0.2, 0) is 10.2 Å². The molecule has 6 nitrogen and oxygen atoms in total. The summed E-state index contributed by atoms with van der Waals surface area (Å²) in [5.74, 6) is -0.372. The van der Waals surface area contributed by atoms with E-state index >= 15 is 0 Å². The van der Waals surface area contributed by atoms with Gasteiger partial charge in [-0.25, -0.2) is 0 Å². The standard InChI is InChI=1S/C15H17N5O/c1-10-13(21)17-14(20-18-10)19-16-9-11-5-7-12(8-6-11)15(2,3)4/h5-9H,1H2,2-4H3,(H,17,19,21)/b16-9+. The Bertz CT molecular complexity index is 648. The van der Waals surface area contributed by atoms with Crippen LogP contribution in [0.2, 0.25) is 0 Å². The van der Waals surface area contributed by atoms with Crippen molar-refractivity contribution in [2.75, 3.05) is 0 Å². The van der Waals surface area contributed by atoms with Crippen molar-refractivity contribution in [2.24, 2.45) is 20.4 Å². The number of hydrogen-bond donors (Lipinski definition) is 1. The molecule has 0 aliphatic carbocycles. The minimum Gasteiger partial charge on any atom is -0.286 e. The van der Waals surface area contributed by atoms with Gasteiger partial charge in [0.25, 0.3) is 11.9 Å². The van der Waals surface area contributed by atoms with Crippen LogP contribution in [0.5, 0.6) is 0 Å². The van der Waals surface area contributed by atoms with Crippen molar-refractivity contribution >= 4 is 18.1 Å². The van der Waals surface area contributed by atoms with Crippen LogP contribution in [0.1, 0.15) is 31.9 Å². The second-order valence-electron chi connectivity index (χ2n) is 5.64. The fourth-order valence-electron chi connectivity index (χ4n) is 1.62. The predicted molar refractivity (Wildman–Crippen MR) is 82.3 cm³/mol. The fourth-order valence-corrected chi connectivity index (χ4v) is 1.62. The lowest BCUT2D eigenvalue weighted by molar-refractivity contribution is -0.116. The smallest absolute Gasteiger partial charge is 0.277 e. The van der Waals surface area contributed by atoms with Crippen LogP contribution < -0.4 is 5.32 Å². The van der Waals surface area contributed by atoms with E-state index in [1.807, 2.05) is 12.1 Å². The number of nitrogens with zero attached hydrogens (tertiary/aromatic N) is 4. The van der Waals surface area contributed by atoms with Crippen LogP contribution in [0.15, 0.2) is 57.0 Å². The van der Waals surface area contributed by atoms with Gasteiger partial charge in [0.2, 0.25) is 0 Å². The van der Waals surface area contributed by atoms with Crippen molar-refractivity contribution in [3.63, 3.8) is 0 Å². The number of guanidine groups is 1. The molecule has 0 saturated carbocycles. The molecule has 0 radical (unpaired) electrons. The van der Waals surface area contributed by atoms with Gasteiger partial charge in [-0.3, -0.25) is 10.1 Å². The van der Waals surface area contributed by atoms with Crippen molar-refractivity contribution in [1.29, 1.82) is 0 Å². The number of azo groups is 1. The van der Waals surface area contributed by atoms with Gasteiger partial charge in [0.15, 0.2) is 0 Å². The summed E-state index contributed by atoms with van der Waals surface area (Å²) < 4.78 is 0. The summed E-state index contributed by atoms with van der Waals surface area (Å²) in [6, 6.07) is 8.04. The first-order valence-corrected chi connectivity index (χ1v) is 6.50. The molecular weight excluding hydrogens is 266 g/mol.